The fourth-order valence-corrected chi connectivity index (χ4v) is 2.50. The monoisotopic (exact) mass is 259 g/mol. The molecular formula is C13H17N5O. The molecule has 0 unspecified atom stereocenters. The van der Waals surface area contributed by atoms with Gasteiger partial charge in [-0.05, 0) is 6.07 Å². The Bertz CT molecular complexity index is 585. The number of aromatic nitrogens is 3. The van der Waals surface area contributed by atoms with Crippen LogP contribution in [0.4, 0.5) is 5.82 Å². The Balaban J connectivity index is 1.78. The molecule has 6 nitrogen and oxygen atoms in total. The lowest BCUT2D eigenvalue weighted by atomic mass is 10.2. The average Bonchev–Trinajstić information content (AvgIpc) is 2.95. The number of H-pyrrole nitrogens is 1. The largest absolute Gasteiger partial charge is 0.352 e. The van der Waals surface area contributed by atoms with E-state index < -0.39 is 0 Å². The van der Waals surface area contributed by atoms with Crippen molar-refractivity contribution in [2.24, 2.45) is 0 Å². The number of amides is 1. The number of aromatic amines is 1. The number of nitrogens with zero attached hydrogens (tertiary/aromatic N) is 4. The van der Waals surface area contributed by atoms with Crippen molar-refractivity contribution in [1.29, 1.82) is 0 Å². The van der Waals surface area contributed by atoms with Gasteiger partial charge in [0.2, 0.25) is 5.91 Å². The maximum Gasteiger partial charge on any atom is 0.222 e. The highest BCUT2D eigenvalue weighted by Gasteiger charge is 2.22. The molecule has 6 heteroatoms. The minimum Gasteiger partial charge on any atom is -0.352 e. The molecular weight excluding hydrogens is 242 g/mol. The predicted molar refractivity (Wildman–Crippen MR) is 73.0 cm³/mol. The van der Waals surface area contributed by atoms with E-state index in [1.54, 1.807) is 6.33 Å². The molecule has 0 radical (unpaired) electrons. The lowest BCUT2D eigenvalue weighted by Gasteiger charge is -2.35. The van der Waals surface area contributed by atoms with Crippen molar-refractivity contribution in [3.8, 4) is 0 Å². The second-order valence-corrected chi connectivity index (χ2v) is 4.66. The van der Waals surface area contributed by atoms with Crippen LogP contribution in [0.15, 0.2) is 18.6 Å². The van der Waals surface area contributed by atoms with Gasteiger partial charge in [0.05, 0.1) is 5.39 Å². The number of piperazine rings is 1. The van der Waals surface area contributed by atoms with E-state index in [1.807, 2.05) is 24.1 Å². The third-order valence-corrected chi connectivity index (χ3v) is 3.57. The van der Waals surface area contributed by atoms with Crippen LogP contribution in [-0.4, -0.2) is 51.9 Å². The Kier molecular flexibility index (Phi) is 3.06. The normalized spacial score (nSPS) is 16.1. The summed E-state index contributed by atoms with van der Waals surface area (Å²) in [6.45, 7) is 5.08. The summed E-state index contributed by atoms with van der Waals surface area (Å²) >= 11 is 0. The first-order valence-corrected chi connectivity index (χ1v) is 6.60. The fraction of sp³-hybridized carbons (Fsp3) is 0.462. The molecule has 1 fully saturated rings. The maximum atomic E-state index is 11.7. The van der Waals surface area contributed by atoms with Crippen molar-refractivity contribution in [2.75, 3.05) is 31.1 Å². The zero-order valence-corrected chi connectivity index (χ0v) is 11.0. The van der Waals surface area contributed by atoms with Gasteiger partial charge in [0, 0.05) is 38.8 Å². The third-order valence-electron chi connectivity index (χ3n) is 3.57. The summed E-state index contributed by atoms with van der Waals surface area (Å²) in [5.41, 5.74) is 0.858. The predicted octanol–water partition coefficient (Wildman–Crippen LogP) is 1.02. The van der Waals surface area contributed by atoms with Gasteiger partial charge in [-0.2, -0.15) is 0 Å². The molecule has 3 rings (SSSR count). The molecule has 1 saturated heterocycles. The summed E-state index contributed by atoms with van der Waals surface area (Å²) in [6, 6.07) is 1.99. The number of nitrogens with one attached hydrogen (secondary N) is 1. The van der Waals surface area contributed by atoms with Gasteiger partial charge in [0.15, 0.2) is 0 Å². The van der Waals surface area contributed by atoms with E-state index in [1.165, 1.54) is 0 Å². The van der Waals surface area contributed by atoms with Gasteiger partial charge in [-0.1, -0.05) is 6.92 Å². The smallest absolute Gasteiger partial charge is 0.222 e. The number of fused-ring (bicyclic) bond motifs is 1. The van der Waals surface area contributed by atoms with Crippen LogP contribution in [0.1, 0.15) is 13.3 Å². The van der Waals surface area contributed by atoms with Crippen molar-refractivity contribution < 1.29 is 4.79 Å². The van der Waals surface area contributed by atoms with E-state index in [0.717, 1.165) is 43.0 Å². The van der Waals surface area contributed by atoms with E-state index in [2.05, 4.69) is 19.9 Å². The highest BCUT2D eigenvalue weighted by Crippen LogP contribution is 2.22. The number of anilines is 1. The summed E-state index contributed by atoms with van der Waals surface area (Å²) in [4.78, 5) is 27.5. The van der Waals surface area contributed by atoms with E-state index in [-0.39, 0.29) is 5.91 Å². The van der Waals surface area contributed by atoms with Crippen LogP contribution in [-0.2, 0) is 4.79 Å². The van der Waals surface area contributed by atoms with Crippen molar-refractivity contribution in [2.45, 2.75) is 13.3 Å². The van der Waals surface area contributed by atoms with E-state index in [0.29, 0.717) is 6.42 Å². The molecule has 0 aliphatic carbocycles. The number of carbonyl (C=O) groups excluding carboxylic acids is 1. The van der Waals surface area contributed by atoms with E-state index in [9.17, 15) is 4.79 Å². The van der Waals surface area contributed by atoms with Gasteiger partial charge in [0.25, 0.3) is 0 Å². The van der Waals surface area contributed by atoms with Crippen molar-refractivity contribution >= 4 is 22.8 Å². The van der Waals surface area contributed by atoms with Gasteiger partial charge in [-0.25, -0.2) is 9.97 Å². The zero-order chi connectivity index (χ0) is 13.2. The van der Waals surface area contributed by atoms with Crippen LogP contribution in [0.25, 0.3) is 11.0 Å². The first-order chi connectivity index (χ1) is 9.29. The molecule has 0 spiro atoms. The summed E-state index contributed by atoms with van der Waals surface area (Å²) in [5, 5.41) is 1.04. The van der Waals surface area contributed by atoms with Crippen LogP contribution in [0, 0.1) is 0 Å². The molecule has 0 saturated carbocycles. The topological polar surface area (TPSA) is 65.1 Å². The molecule has 0 aromatic carbocycles. The summed E-state index contributed by atoms with van der Waals surface area (Å²) in [6.07, 6.45) is 4.03. The molecule has 2 aromatic rings. The molecule has 0 bridgehead atoms. The van der Waals surface area contributed by atoms with Gasteiger partial charge < -0.3 is 14.8 Å². The number of carbonyl (C=O) groups is 1. The third kappa shape index (κ3) is 2.14. The van der Waals surface area contributed by atoms with Gasteiger partial charge in [0.1, 0.15) is 17.8 Å². The fourth-order valence-electron chi connectivity index (χ4n) is 2.50. The van der Waals surface area contributed by atoms with Crippen molar-refractivity contribution in [1.82, 2.24) is 19.9 Å². The molecule has 100 valence electrons. The van der Waals surface area contributed by atoms with Crippen LogP contribution in [0.2, 0.25) is 0 Å². The second-order valence-electron chi connectivity index (χ2n) is 4.66. The van der Waals surface area contributed by atoms with Gasteiger partial charge >= 0.3 is 0 Å². The molecule has 19 heavy (non-hydrogen) atoms. The standard InChI is InChI=1S/C13H17N5O/c1-2-11(19)17-5-7-18(8-6-17)13-10-3-4-14-12(10)15-9-16-13/h3-4,9H,2,5-8H2,1H3,(H,14,15,16). The molecule has 1 N–H and O–H groups in total. The minimum absolute atomic E-state index is 0.231. The highest BCUT2D eigenvalue weighted by molar-refractivity contribution is 5.87. The first kappa shape index (κ1) is 12.0. The second kappa shape index (κ2) is 4.87. The minimum atomic E-state index is 0.231. The van der Waals surface area contributed by atoms with Gasteiger partial charge in [-0.3, -0.25) is 4.79 Å². The summed E-state index contributed by atoms with van der Waals surface area (Å²) in [5.74, 6) is 1.18. The zero-order valence-electron chi connectivity index (χ0n) is 11.0. The Morgan fingerprint density at radius 3 is 2.84 bits per heavy atom. The number of hydrogen-bond acceptors (Lipinski definition) is 4. The SMILES string of the molecule is CCC(=O)N1CCN(c2ncnc3[nH]ccc23)CC1. The van der Waals surface area contributed by atoms with Gasteiger partial charge in [-0.15, -0.1) is 0 Å². The Morgan fingerprint density at radius 1 is 1.32 bits per heavy atom. The van der Waals surface area contributed by atoms with Crippen LogP contribution in [0.3, 0.4) is 0 Å². The first-order valence-electron chi connectivity index (χ1n) is 6.60. The molecule has 0 atom stereocenters. The van der Waals surface area contributed by atoms with Crippen molar-refractivity contribution in [3.63, 3.8) is 0 Å². The Hall–Kier alpha value is -2.11. The summed E-state index contributed by atoms with van der Waals surface area (Å²) in [7, 11) is 0. The number of hydrogen-bond donors (Lipinski definition) is 1. The molecule has 3 heterocycles. The quantitative estimate of drug-likeness (QED) is 0.874. The maximum absolute atomic E-state index is 11.7. The van der Waals surface area contributed by atoms with Crippen LogP contribution >= 0.6 is 0 Å². The highest BCUT2D eigenvalue weighted by atomic mass is 16.2. The van der Waals surface area contributed by atoms with E-state index in [4.69, 9.17) is 0 Å². The molecule has 1 aliphatic heterocycles. The lowest BCUT2D eigenvalue weighted by Crippen LogP contribution is -2.48. The van der Waals surface area contributed by atoms with E-state index >= 15 is 0 Å². The Morgan fingerprint density at radius 2 is 2.11 bits per heavy atom. The Labute approximate surface area is 111 Å². The molecule has 2 aromatic heterocycles. The average molecular weight is 259 g/mol. The lowest BCUT2D eigenvalue weighted by molar-refractivity contribution is -0.131. The van der Waals surface area contributed by atoms with Crippen molar-refractivity contribution in [3.05, 3.63) is 18.6 Å². The number of rotatable bonds is 2. The summed E-state index contributed by atoms with van der Waals surface area (Å²) < 4.78 is 0. The molecule has 1 aliphatic rings. The molecule has 1 amide bonds. The van der Waals surface area contributed by atoms with Crippen LogP contribution < -0.4 is 4.90 Å². The van der Waals surface area contributed by atoms with Crippen LogP contribution in [0.5, 0.6) is 0 Å².